The number of carbonyl (C=O) groups is 6. The van der Waals surface area contributed by atoms with Crippen LogP contribution in [-0.4, -0.2) is 97.0 Å². The van der Waals surface area contributed by atoms with Gasteiger partial charge in [0.05, 0.1) is 19.6 Å². The molecular weight excluding hydrogens is 519 g/mol. The highest BCUT2D eigenvalue weighted by molar-refractivity contribution is 5.82. The standard InChI is InChI=1S/C20H26F3NO13/c1-8(25)33-7-13(35-10(3)27)15(36-11(4)28)16-14(24-17(29)20(21,22)23)12(34-9(2)26)6-19(31,37-16)18(30)32-5/h12-16,31H,6-7H2,1-5H3,(H,24,29)/t12-,13+,14+,15+,16+,19?/m0/s1. The summed E-state index contributed by atoms with van der Waals surface area (Å²) in [5.41, 5.74) is 0. The molecule has 2 N–H and O–H groups in total. The smallest absolute Gasteiger partial charge is 0.465 e. The van der Waals surface area contributed by atoms with E-state index in [9.17, 15) is 47.0 Å². The Morgan fingerprint density at radius 1 is 1.00 bits per heavy atom. The Hall–Kier alpha value is -3.47. The van der Waals surface area contributed by atoms with Crippen LogP contribution in [-0.2, 0) is 57.2 Å². The van der Waals surface area contributed by atoms with Gasteiger partial charge in [0, 0.05) is 27.7 Å². The van der Waals surface area contributed by atoms with Gasteiger partial charge in [-0.2, -0.15) is 13.2 Å². The summed E-state index contributed by atoms with van der Waals surface area (Å²) in [5.74, 6) is -11.3. The molecule has 17 heteroatoms. The molecule has 14 nitrogen and oxygen atoms in total. The van der Waals surface area contributed by atoms with Gasteiger partial charge in [-0.3, -0.25) is 24.0 Å². The van der Waals surface area contributed by atoms with Gasteiger partial charge >= 0.3 is 41.9 Å². The molecule has 0 saturated carbocycles. The van der Waals surface area contributed by atoms with E-state index < -0.39 is 91.2 Å². The fourth-order valence-electron chi connectivity index (χ4n) is 3.41. The summed E-state index contributed by atoms with van der Waals surface area (Å²) in [6.07, 6.45) is -14.4. The molecule has 1 rings (SSSR count). The van der Waals surface area contributed by atoms with Crippen molar-refractivity contribution in [1.29, 1.82) is 0 Å². The second-order valence-corrected chi connectivity index (χ2v) is 7.73. The van der Waals surface area contributed by atoms with Crippen molar-refractivity contribution in [2.75, 3.05) is 13.7 Å². The Morgan fingerprint density at radius 2 is 1.57 bits per heavy atom. The van der Waals surface area contributed by atoms with Crippen LogP contribution < -0.4 is 5.32 Å². The van der Waals surface area contributed by atoms with Gasteiger partial charge in [-0.25, -0.2) is 4.79 Å². The third-order valence-corrected chi connectivity index (χ3v) is 4.70. The minimum absolute atomic E-state index is 0.822. The minimum Gasteiger partial charge on any atom is -0.465 e. The van der Waals surface area contributed by atoms with Gasteiger partial charge < -0.3 is 38.8 Å². The maximum absolute atomic E-state index is 13.1. The fraction of sp³-hybridized carbons (Fsp3) is 0.700. The van der Waals surface area contributed by atoms with E-state index >= 15 is 0 Å². The van der Waals surface area contributed by atoms with E-state index in [2.05, 4.69) is 4.74 Å². The van der Waals surface area contributed by atoms with Crippen molar-refractivity contribution in [1.82, 2.24) is 5.32 Å². The molecule has 1 unspecified atom stereocenters. The molecule has 0 bridgehead atoms. The van der Waals surface area contributed by atoms with Crippen molar-refractivity contribution in [3.05, 3.63) is 0 Å². The summed E-state index contributed by atoms with van der Waals surface area (Å²) in [5, 5.41) is 12.3. The molecule has 0 spiro atoms. The van der Waals surface area contributed by atoms with Gasteiger partial charge in [0.2, 0.25) is 0 Å². The monoisotopic (exact) mass is 545 g/mol. The zero-order chi connectivity index (χ0) is 28.7. The molecule has 0 aromatic rings. The minimum atomic E-state index is -5.47. The Kier molecular flexibility index (Phi) is 10.8. The third-order valence-electron chi connectivity index (χ3n) is 4.70. The summed E-state index contributed by atoms with van der Waals surface area (Å²) in [4.78, 5) is 70.7. The largest absolute Gasteiger partial charge is 0.471 e. The number of ether oxygens (including phenoxy) is 6. The number of aliphatic hydroxyl groups is 1. The summed E-state index contributed by atoms with van der Waals surface area (Å²) in [6, 6.07) is -2.07. The van der Waals surface area contributed by atoms with E-state index in [4.69, 9.17) is 23.7 Å². The number of hydrogen-bond acceptors (Lipinski definition) is 13. The second kappa shape index (κ2) is 12.7. The quantitative estimate of drug-likeness (QED) is 0.266. The highest BCUT2D eigenvalue weighted by Crippen LogP contribution is 2.35. The van der Waals surface area contributed by atoms with Crippen molar-refractivity contribution >= 4 is 35.8 Å². The van der Waals surface area contributed by atoms with Crippen LogP contribution in [0.2, 0.25) is 0 Å². The number of esters is 5. The molecule has 37 heavy (non-hydrogen) atoms. The van der Waals surface area contributed by atoms with Crippen molar-refractivity contribution in [2.24, 2.45) is 0 Å². The number of methoxy groups -OCH3 is 1. The summed E-state index contributed by atoms with van der Waals surface area (Å²) < 4.78 is 68.9. The molecular formula is C20H26F3NO13. The molecule has 210 valence electrons. The zero-order valence-corrected chi connectivity index (χ0v) is 20.3. The summed E-state index contributed by atoms with van der Waals surface area (Å²) in [6.45, 7) is 2.69. The van der Waals surface area contributed by atoms with Crippen LogP contribution in [0.4, 0.5) is 13.2 Å². The molecule has 0 radical (unpaired) electrons. The van der Waals surface area contributed by atoms with E-state index in [0.717, 1.165) is 34.8 Å². The van der Waals surface area contributed by atoms with E-state index in [0.29, 0.717) is 0 Å². The number of nitrogens with one attached hydrogen (secondary N) is 1. The summed E-state index contributed by atoms with van der Waals surface area (Å²) >= 11 is 0. The number of carbonyl (C=O) groups excluding carboxylic acids is 6. The predicted octanol–water partition coefficient (Wildman–Crippen LogP) is -0.958. The van der Waals surface area contributed by atoms with Gasteiger partial charge in [0.25, 0.3) is 5.79 Å². The third kappa shape index (κ3) is 9.16. The molecule has 1 fully saturated rings. The Balaban J connectivity index is 3.76. The van der Waals surface area contributed by atoms with Crippen LogP contribution in [0.1, 0.15) is 34.1 Å². The van der Waals surface area contributed by atoms with Crippen molar-refractivity contribution < 1.29 is 75.5 Å². The first-order chi connectivity index (χ1) is 16.9. The Morgan fingerprint density at radius 3 is 2.00 bits per heavy atom. The Labute approximate surface area is 207 Å². The highest BCUT2D eigenvalue weighted by Gasteiger charge is 2.58. The fourth-order valence-corrected chi connectivity index (χ4v) is 3.41. The van der Waals surface area contributed by atoms with Crippen molar-refractivity contribution in [3.63, 3.8) is 0 Å². The van der Waals surface area contributed by atoms with Gasteiger partial charge in [0.1, 0.15) is 18.8 Å². The second-order valence-electron chi connectivity index (χ2n) is 7.73. The predicted molar refractivity (Wildman–Crippen MR) is 108 cm³/mol. The van der Waals surface area contributed by atoms with Crippen LogP contribution in [0.15, 0.2) is 0 Å². The first-order valence-electron chi connectivity index (χ1n) is 10.4. The first-order valence-corrected chi connectivity index (χ1v) is 10.4. The van der Waals surface area contributed by atoms with Crippen LogP contribution in [0, 0.1) is 0 Å². The van der Waals surface area contributed by atoms with Crippen LogP contribution >= 0.6 is 0 Å². The van der Waals surface area contributed by atoms with Crippen LogP contribution in [0.3, 0.4) is 0 Å². The van der Waals surface area contributed by atoms with E-state index in [1.165, 1.54) is 5.32 Å². The highest BCUT2D eigenvalue weighted by atomic mass is 19.4. The van der Waals surface area contributed by atoms with E-state index in [1.54, 1.807) is 0 Å². The lowest BCUT2D eigenvalue weighted by atomic mass is 9.88. The lowest BCUT2D eigenvalue weighted by molar-refractivity contribution is -0.299. The van der Waals surface area contributed by atoms with E-state index in [-0.39, 0.29) is 0 Å². The molecule has 1 heterocycles. The molecule has 1 aliphatic heterocycles. The topological polar surface area (TPSA) is 190 Å². The van der Waals surface area contributed by atoms with Gasteiger partial charge in [-0.15, -0.1) is 0 Å². The average Bonchev–Trinajstić information content (AvgIpc) is 2.74. The number of halogens is 3. The molecule has 0 aromatic heterocycles. The van der Waals surface area contributed by atoms with Crippen LogP contribution in [0.25, 0.3) is 0 Å². The maximum atomic E-state index is 13.1. The van der Waals surface area contributed by atoms with Gasteiger partial charge in [0.15, 0.2) is 12.2 Å². The van der Waals surface area contributed by atoms with Crippen molar-refractivity contribution in [2.45, 2.75) is 76.5 Å². The molecule has 0 aromatic carbocycles. The molecule has 6 atom stereocenters. The zero-order valence-electron chi connectivity index (χ0n) is 20.3. The molecule has 1 amide bonds. The van der Waals surface area contributed by atoms with Crippen LogP contribution in [0.5, 0.6) is 0 Å². The number of amides is 1. The van der Waals surface area contributed by atoms with Gasteiger partial charge in [-0.1, -0.05) is 0 Å². The number of hydrogen-bond donors (Lipinski definition) is 2. The summed E-state index contributed by atoms with van der Waals surface area (Å²) in [7, 11) is 0.822. The van der Waals surface area contributed by atoms with E-state index in [1.807, 2.05) is 0 Å². The SMILES string of the molecule is COC(=O)C1(O)C[C@H](OC(C)=O)[C@@H](NC(=O)C(F)(F)F)[C@H]([C@H](OC(C)=O)[C@@H](COC(C)=O)OC(C)=O)O1. The normalized spacial score (nSPS) is 25.1. The van der Waals surface area contributed by atoms with Crippen molar-refractivity contribution in [3.8, 4) is 0 Å². The molecule has 0 aliphatic carbocycles. The molecule has 1 aliphatic rings. The molecule has 1 saturated heterocycles. The first kappa shape index (κ1) is 31.6. The Bertz CT molecular complexity index is 908. The number of alkyl halides is 3. The van der Waals surface area contributed by atoms with Gasteiger partial charge in [-0.05, 0) is 0 Å². The lowest BCUT2D eigenvalue weighted by Gasteiger charge is -2.47. The lowest BCUT2D eigenvalue weighted by Crippen LogP contribution is -2.69. The number of rotatable bonds is 9. The maximum Gasteiger partial charge on any atom is 0.471 e. The average molecular weight is 545 g/mol.